The van der Waals surface area contributed by atoms with Crippen molar-refractivity contribution in [1.82, 2.24) is 9.97 Å². The molecule has 0 radical (unpaired) electrons. The average molecular weight is 294 g/mol. The Hall–Kier alpha value is -2.00. The molecule has 2 aromatic heterocycles. The Labute approximate surface area is 131 Å². The highest BCUT2D eigenvalue weighted by molar-refractivity contribution is 6.02. The van der Waals surface area contributed by atoms with Gasteiger partial charge in [-0.3, -0.25) is 4.98 Å². The fourth-order valence-electron chi connectivity index (χ4n) is 2.78. The van der Waals surface area contributed by atoms with Crippen LogP contribution in [0.5, 0.6) is 0 Å². The molecule has 114 valence electrons. The second kappa shape index (κ2) is 5.03. The first-order valence-corrected chi connectivity index (χ1v) is 7.57. The summed E-state index contributed by atoms with van der Waals surface area (Å²) in [6.07, 6.45) is 1.81. The molecule has 1 aromatic carbocycles. The van der Waals surface area contributed by atoms with Gasteiger partial charge in [0.2, 0.25) is 0 Å². The largest absolute Gasteiger partial charge is 0.372 e. The van der Waals surface area contributed by atoms with Crippen LogP contribution in [0.15, 0.2) is 42.6 Å². The summed E-state index contributed by atoms with van der Waals surface area (Å²) in [6.45, 7) is 8.61. The lowest BCUT2D eigenvalue weighted by atomic mass is 9.75. The third kappa shape index (κ3) is 2.17. The van der Waals surface area contributed by atoms with E-state index in [0.29, 0.717) is 0 Å². The Morgan fingerprint density at radius 1 is 0.864 bits per heavy atom. The van der Waals surface area contributed by atoms with Crippen molar-refractivity contribution < 1.29 is 4.74 Å². The van der Waals surface area contributed by atoms with Crippen molar-refractivity contribution in [2.75, 3.05) is 7.11 Å². The highest BCUT2D eigenvalue weighted by Crippen LogP contribution is 2.41. The normalized spacial score (nSPS) is 15.1. The number of aromatic nitrogens is 2. The highest BCUT2D eigenvalue weighted by Gasteiger charge is 2.40. The number of nitrogens with zero attached hydrogens (tertiary/aromatic N) is 2. The van der Waals surface area contributed by atoms with Gasteiger partial charge in [-0.25, -0.2) is 4.98 Å². The van der Waals surface area contributed by atoms with Crippen molar-refractivity contribution in [2.24, 2.45) is 5.41 Å². The smallest absolute Gasteiger partial charge is 0.112 e. The number of pyridine rings is 2. The van der Waals surface area contributed by atoms with Crippen molar-refractivity contribution in [1.29, 1.82) is 0 Å². The molecule has 0 N–H and O–H groups in total. The molecule has 0 spiro atoms. The van der Waals surface area contributed by atoms with Crippen LogP contribution in [0.25, 0.3) is 21.8 Å². The summed E-state index contributed by atoms with van der Waals surface area (Å²) >= 11 is 0. The minimum Gasteiger partial charge on any atom is -0.372 e. The van der Waals surface area contributed by atoms with Crippen LogP contribution < -0.4 is 0 Å². The molecular weight excluding hydrogens is 272 g/mol. The molecular formula is C19H22N2O. The van der Waals surface area contributed by atoms with Crippen molar-refractivity contribution in [3.63, 3.8) is 0 Å². The third-order valence-corrected chi connectivity index (χ3v) is 4.76. The number of hydrogen-bond donors (Lipinski definition) is 0. The molecule has 0 aliphatic heterocycles. The Bertz CT molecular complexity index is 836. The number of fused-ring (bicyclic) bond motifs is 3. The number of hydrogen-bond acceptors (Lipinski definition) is 3. The fourth-order valence-corrected chi connectivity index (χ4v) is 2.78. The number of benzene rings is 1. The van der Waals surface area contributed by atoms with Crippen molar-refractivity contribution in [3.05, 3.63) is 48.3 Å². The maximum absolute atomic E-state index is 5.87. The second-order valence-electron chi connectivity index (χ2n) is 6.90. The molecule has 0 fully saturated rings. The number of methoxy groups -OCH3 is 1. The van der Waals surface area contributed by atoms with Crippen LogP contribution in [-0.2, 0) is 10.3 Å². The van der Waals surface area contributed by atoms with Crippen molar-refractivity contribution >= 4 is 21.8 Å². The molecule has 0 amide bonds. The monoisotopic (exact) mass is 294 g/mol. The van der Waals surface area contributed by atoms with E-state index in [1.54, 1.807) is 7.11 Å². The highest BCUT2D eigenvalue weighted by atomic mass is 16.5. The summed E-state index contributed by atoms with van der Waals surface area (Å²) in [4.78, 5) is 9.44. The second-order valence-corrected chi connectivity index (χ2v) is 6.90. The first kappa shape index (κ1) is 14.9. The lowest BCUT2D eigenvalue weighted by Gasteiger charge is -2.40. The van der Waals surface area contributed by atoms with E-state index in [9.17, 15) is 0 Å². The van der Waals surface area contributed by atoms with E-state index < -0.39 is 5.60 Å². The molecule has 3 heteroatoms. The van der Waals surface area contributed by atoms with Gasteiger partial charge in [0.15, 0.2) is 0 Å². The molecule has 0 saturated heterocycles. The van der Waals surface area contributed by atoms with Crippen molar-refractivity contribution in [3.8, 4) is 0 Å². The molecule has 0 saturated carbocycles. The molecule has 0 aliphatic rings. The standard InChI is InChI=1S/C19H22N2O/c1-18(2,3)19(4,22-5)15-11-10-14-9-8-13-7-6-12-20-16(13)17(14)21-15/h6-12H,1-5H3. The molecule has 3 nitrogen and oxygen atoms in total. The Balaban J connectivity index is 2.31. The topological polar surface area (TPSA) is 35.0 Å². The predicted molar refractivity (Wildman–Crippen MR) is 90.9 cm³/mol. The minimum absolute atomic E-state index is 0.0690. The summed E-state index contributed by atoms with van der Waals surface area (Å²) < 4.78 is 5.87. The molecule has 0 bridgehead atoms. The number of ether oxygens (including phenoxy) is 1. The predicted octanol–water partition coefficient (Wildman–Crippen LogP) is 4.69. The lowest BCUT2D eigenvalue weighted by Crippen LogP contribution is -2.39. The van der Waals surface area contributed by atoms with Gasteiger partial charge in [0.05, 0.1) is 16.7 Å². The van der Waals surface area contributed by atoms with E-state index in [1.807, 2.05) is 12.3 Å². The van der Waals surface area contributed by atoms with Gasteiger partial charge in [-0.05, 0) is 24.5 Å². The van der Waals surface area contributed by atoms with Crippen LogP contribution in [0, 0.1) is 5.41 Å². The van der Waals surface area contributed by atoms with Gasteiger partial charge in [0, 0.05) is 24.1 Å². The molecule has 0 aliphatic carbocycles. The fraction of sp³-hybridized carbons (Fsp3) is 0.368. The van der Waals surface area contributed by atoms with Gasteiger partial charge in [-0.15, -0.1) is 0 Å². The van der Waals surface area contributed by atoms with Crippen LogP contribution >= 0.6 is 0 Å². The van der Waals surface area contributed by atoms with E-state index in [0.717, 1.165) is 27.5 Å². The lowest BCUT2D eigenvalue weighted by molar-refractivity contribution is -0.0865. The van der Waals surface area contributed by atoms with Gasteiger partial charge < -0.3 is 4.74 Å². The van der Waals surface area contributed by atoms with Crippen molar-refractivity contribution in [2.45, 2.75) is 33.3 Å². The SMILES string of the molecule is COC(C)(c1ccc2ccc3cccnc3c2n1)C(C)(C)C. The maximum atomic E-state index is 5.87. The van der Waals surface area contributed by atoms with Crippen LogP contribution in [-0.4, -0.2) is 17.1 Å². The molecule has 22 heavy (non-hydrogen) atoms. The van der Waals surface area contributed by atoms with Crippen LogP contribution in [0.4, 0.5) is 0 Å². The Morgan fingerprint density at radius 2 is 1.50 bits per heavy atom. The minimum atomic E-state index is -0.460. The van der Waals surface area contributed by atoms with Gasteiger partial charge in [-0.2, -0.15) is 0 Å². The third-order valence-electron chi connectivity index (χ3n) is 4.76. The molecule has 2 heterocycles. The van der Waals surface area contributed by atoms with Crippen LogP contribution in [0.1, 0.15) is 33.4 Å². The zero-order chi connectivity index (χ0) is 16.0. The maximum Gasteiger partial charge on any atom is 0.112 e. The van der Waals surface area contributed by atoms with E-state index in [4.69, 9.17) is 9.72 Å². The first-order valence-electron chi connectivity index (χ1n) is 7.57. The van der Waals surface area contributed by atoms with Gasteiger partial charge in [-0.1, -0.05) is 45.0 Å². The van der Waals surface area contributed by atoms with Crippen LogP contribution in [0.2, 0.25) is 0 Å². The Kier molecular flexibility index (Phi) is 3.41. The van der Waals surface area contributed by atoms with E-state index in [1.165, 1.54) is 0 Å². The van der Waals surface area contributed by atoms with Gasteiger partial charge >= 0.3 is 0 Å². The summed E-state index contributed by atoms with van der Waals surface area (Å²) in [7, 11) is 1.75. The van der Waals surface area contributed by atoms with E-state index >= 15 is 0 Å². The summed E-state index contributed by atoms with van der Waals surface area (Å²) in [5.74, 6) is 0. The van der Waals surface area contributed by atoms with Gasteiger partial charge in [0.1, 0.15) is 5.60 Å². The van der Waals surface area contributed by atoms with E-state index in [2.05, 4.69) is 63.0 Å². The summed E-state index contributed by atoms with van der Waals surface area (Å²) in [6, 6.07) is 12.4. The molecule has 1 unspecified atom stereocenters. The Morgan fingerprint density at radius 3 is 2.14 bits per heavy atom. The average Bonchev–Trinajstić information content (AvgIpc) is 2.52. The number of rotatable bonds is 2. The van der Waals surface area contributed by atoms with E-state index in [-0.39, 0.29) is 5.41 Å². The zero-order valence-corrected chi connectivity index (χ0v) is 13.8. The zero-order valence-electron chi connectivity index (χ0n) is 13.8. The summed E-state index contributed by atoms with van der Waals surface area (Å²) in [5.41, 5.74) is 2.28. The van der Waals surface area contributed by atoms with Crippen LogP contribution in [0.3, 0.4) is 0 Å². The van der Waals surface area contributed by atoms with Gasteiger partial charge in [0.25, 0.3) is 0 Å². The molecule has 1 atom stereocenters. The molecule has 3 aromatic rings. The quantitative estimate of drug-likeness (QED) is 0.643. The first-order chi connectivity index (χ1) is 10.4. The summed E-state index contributed by atoms with van der Waals surface area (Å²) in [5, 5.41) is 2.21. The molecule has 3 rings (SSSR count).